The van der Waals surface area contributed by atoms with E-state index in [2.05, 4.69) is 4.99 Å². The smallest absolute Gasteiger partial charge is 0.283 e. The van der Waals surface area contributed by atoms with Gasteiger partial charge in [-0.15, -0.1) is 0 Å². The Morgan fingerprint density at radius 1 is 1.07 bits per heavy atom. The molecule has 142 valence electrons. The minimum atomic E-state index is -0.453. The van der Waals surface area contributed by atoms with E-state index in [0.29, 0.717) is 28.0 Å². The Labute approximate surface area is 166 Å². The summed E-state index contributed by atoms with van der Waals surface area (Å²) in [7, 11) is 4.57. The van der Waals surface area contributed by atoms with Gasteiger partial charge in [-0.1, -0.05) is 12.1 Å². The van der Waals surface area contributed by atoms with Gasteiger partial charge in [0.25, 0.3) is 5.91 Å². The molecule has 1 amide bonds. The molecule has 0 spiro atoms. The summed E-state index contributed by atoms with van der Waals surface area (Å²) in [4.78, 5) is 19.4. The Morgan fingerprint density at radius 3 is 2.39 bits per heavy atom. The zero-order valence-corrected chi connectivity index (χ0v) is 16.3. The maximum absolute atomic E-state index is 12.6. The average molecular weight is 395 g/mol. The van der Waals surface area contributed by atoms with E-state index in [9.17, 15) is 4.79 Å². The van der Waals surface area contributed by atoms with Crippen molar-refractivity contribution in [1.29, 1.82) is 5.41 Å². The van der Waals surface area contributed by atoms with Crippen molar-refractivity contribution in [2.24, 2.45) is 4.99 Å². The SMILES string of the molecule is COc1cc(C=C2C(=N)N3C(=NC2=O)Sc2ccccc23)cc(OC)c1OC. The largest absolute Gasteiger partial charge is 0.493 e. The van der Waals surface area contributed by atoms with Crippen LogP contribution in [-0.2, 0) is 4.79 Å². The van der Waals surface area contributed by atoms with Crippen LogP contribution < -0.4 is 19.1 Å². The summed E-state index contributed by atoms with van der Waals surface area (Å²) >= 11 is 1.38. The number of aliphatic imine (C=N–C) groups is 1. The first-order valence-corrected chi connectivity index (χ1v) is 9.19. The molecular weight excluding hydrogens is 378 g/mol. The number of nitrogens with one attached hydrogen (secondary N) is 1. The third-order valence-corrected chi connectivity index (χ3v) is 5.42. The summed E-state index contributed by atoms with van der Waals surface area (Å²) in [5.41, 5.74) is 1.68. The van der Waals surface area contributed by atoms with Gasteiger partial charge in [0.05, 0.1) is 32.6 Å². The molecule has 0 unspecified atom stereocenters. The molecule has 0 fully saturated rings. The Bertz CT molecular complexity index is 1040. The van der Waals surface area contributed by atoms with Crippen molar-refractivity contribution in [3.8, 4) is 17.2 Å². The van der Waals surface area contributed by atoms with E-state index < -0.39 is 5.91 Å². The molecule has 0 bridgehead atoms. The number of carbonyl (C=O) groups is 1. The first kappa shape index (κ1) is 18.1. The second-order valence-corrected chi connectivity index (χ2v) is 6.98. The lowest BCUT2D eigenvalue weighted by molar-refractivity contribution is -0.113. The predicted molar refractivity (Wildman–Crippen MR) is 109 cm³/mol. The first-order valence-electron chi connectivity index (χ1n) is 8.38. The third-order valence-electron chi connectivity index (χ3n) is 4.40. The fraction of sp³-hybridized carbons (Fsp3) is 0.150. The number of ether oxygens (including phenoxy) is 3. The number of anilines is 1. The number of para-hydroxylation sites is 1. The van der Waals surface area contributed by atoms with Gasteiger partial charge in [0.2, 0.25) is 5.75 Å². The van der Waals surface area contributed by atoms with Crippen molar-refractivity contribution in [2.45, 2.75) is 4.90 Å². The summed E-state index contributed by atoms with van der Waals surface area (Å²) in [6, 6.07) is 11.1. The van der Waals surface area contributed by atoms with Crippen molar-refractivity contribution in [1.82, 2.24) is 0 Å². The molecule has 2 aromatic carbocycles. The number of benzene rings is 2. The van der Waals surface area contributed by atoms with Crippen LogP contribution in [0.25, 0.3) is 6.08 Å². The van der Waals surface area contributed by atoms with E-state index in [4.69, 9.17) is 19.6 Å². The normalized spacial score (nSPS) is 16.6. The lowest BCUT2D eigenvalue weighted by Gasteiger charge is -2.24. The maximum Gasteiger partial charge on any atom is 0.283 e. The minimum absolute atomic E-state index is 0.0844. The van der Waals surface area contributed by atoms with Gasteiger partial charge >= 0.3 is 0 Å². The summed E-state index contributed by atoms with van der Waals surface area (Å²) in [6.45, 7) is 0. The molecule has 2 aromatic rings. The Kier molecular flexibility index (Phi) is 4.56. The highest BCUT2D eigenvalue weighted by atomic mass is 32.2. The van der Waals surface area contributed by atoms with Crippen molar-refractivity contribution in [3.05, 3.63) is 47.5 Å². The maximum atomic E-state index is 12.6. The van der Waals surface area contributed by atoms with Crippen LogP contribution in [0.5, 0.6) is 17.2 Å². The molecule has 2 heterocycles. The van der Waals surface area contributed by atoms with E-state index in [0.717, 1.165) is 10.6 Å². The standard InChI is InChI=1S/C20H17N3O4S/c1-25-14-9-11(10-15(26-2)17(14)27-3)8-12-18(21)23-13-6-4-5-7-16(13)28-20(23)22-19(12)24/h4-10,21H,1-3H3. The Hall–Kier alpha value is -3.26. The molecule has 2 aliphatic rings. The van der Waals surface area contributed by atoms with Gasteiger partial charge in [0.1, 0.15) is 5.84 Å². The van der Waals surface area contributed by atoms with Crippen molar-refractivity contribution in [3.63, 3.8) is 0 Å². The highest BCUT2D eigenvalue weighted by Gasteiger charge is 2.37. The molecule has 0 saturated heterocycles. The van der Waals surface area contributed by atoms with Crippen molar-refractivity contribution >= 4 is 40.4 Å². The monoisotopic (exact) mass is 395 g/mol. The van der Waals surface area contributed by atoms with Gasteiger partial charge in [-0.05, 0) is 47.7 Å². The molecule has 8 heteroatoms. The van der Waals surface area contributed by atoms with Crippen LogP contribution in [0.4, 0.5) is 5.69 Å². The first-order chi connectivity index (χ1) is 13.6. The van der Waals surface area contributed by atoms with Gasteiger partial charge in [0, 0.05) is 4.90 Å². The van der Waals surface area contributed by atoms with Crippen LogP contribution in [-0.4, -0.2) is 38.2 Å². The van der Waals surface area contributed by atoms with Gasteiger partial charge in [-0.2, -0.15) is 4.99 Å². The van der Waals surface area contributed by atoms with Gasteiger partial charge < -0.3 is 14.2 Å². The molecule has 4 rings (SSSR count). The predicted octanol–water partition coefficient (Wildman–Crippen LogP) is 3.58. The molecule has 2 aliphatic heterocycles. The highest BCUT2D eigenvalue weighted by Crippen LogP contribution is 2.43. The van der Waals surface area contributed by atoms with Crippen LogP contribution >= 0.6 is 11.8 Å². The number of nitrogens with zero attached hydrogens (tertiary/aromatic N) is 2. The second-order valence-electron chi connectivity index (χ2n) is 5.97. The third kappa shape index (κ3) is 2.82. The number of amides is 1. The van der Waals surface area contributed by atoms with E-state index in [-0.39, 0.29) is 11.4 Å². The molecule has 0 aliphatic carbocycles. The zero-order valence-electron chi connectivity index (χ0n) is 15.5. The number of fused-ring (bicyclic) bond motifs is 3. The lowest BCUT2D eigenvalue weighted by Crippen LogP contribution is -2.39. The fourth-order valence-electron chi connectivity index (χ4n) is 3.11. The number of rotatable bonds is 4. The van der Waals surface area contributed by atoms with Crippen LogP contribution in [0, 0.1) is 5.41 Å². The summed E-state index contributed by atoms with van der Waals surface area (Å²) in [5, 5.41) is 9.11. The number of hydrogen-bond donors (Lipinski definition) is 1. The summed E-state index contributed by atoms with van der Waals surface area (Å²) < 4.78 is 16.1. The van der Waals surface area contributed by atoms with Crippen LogP contribution in [0.2, 0.25) is 0 Å². The molecule has 7 nitrogen and oxygen atoms in total. The zero-order chi connectivity index (χ0) is 19.8. The summed E-state index contributed by atoms with van der Waals surface area (Å²) in [6.07, 6.45) is 1.61. The number of methoxy groups -OCH3 is 3. The van der Waals surface area contributed by atoms with Crippen molar-refractivity contribution in [2.75, 3.05) is 26.2 Å². The number of thioether (sulfide) groups is 1. The van der Waals surface area contributed by atoms with Gasteiger partial charge in [0.15, 0.2) is 16.7 Å². The highest BCUT2D eigenvalue weighted by molar-refractivity contribution is 8.15. The van der Waals surface area contributed by atoms with E-state index in [1.807, 2.05) is 24.3 Å². The Morgan fingerprint density at radius 2 is 1.75 bits per heavy atom. The molecule has 0 radical (unpaired) electrons. The van der Waals surface area contributed by atoms with Crippen LogP contribution in [0.1, 0.15) is 5.56 Å². The van der Waals surface area contributed by atoms with Crippen LogP contribution in [0.15, 0.2) is 51.9 Å². The minimum Gasteiger partial charge on any atom is -0.493 e. The molecule has 0 aromatic heterocycles. The van der Waals surface area contributed by atoms with E-state index >= 15 is 0 Å². The Balaban J connectivity index is 1.79. The lowest BCUT2D eigenvalue weighted by atomic mass is 10.1. The molecule has 0 atom stereocenters. The van der Waals surface area contributed by atoms with Gasteiger partial charge in [-0.25, -0.2) is 0 Å². The van der Waals surface area contributed by atoms with Crippen molar-refractivity contribution < 1.29 is 19.0 Å². The van der Waals surface area contributed by atoms with Gasteiger partial charge in [-0.3, -0.25) is 15.1 Å². The number of carbonyl (C=O) groups excluding carboxylic acids is 1. The number of hydrogen-bond acceptors (Lipinski definition) is 6. The fourth-order valence-corrected chi connectivity index (χ4v) is 4.13. The summed E-state index contributed by atoms with van der Waals surface area (Å²) in [5.74, 6) is 1.03. The molecular formula is C20H17N3O4S. The quantitative estimate of drug-likeness (QED) is 0.797. The topological polar surface area (TPSA) is 84.2 Å². The van der Waals surface area contributed by atoms with E-state index in [1.165, 1.54) is 33.1 Å². The molecule has 28 heavy (non-hydrogen) atoms. The van der Waals surface area contributed by atoms with E-state index in [1.54, 1.807) is 23.1 Å². The molecule has 1 N–H and O–H groups in total. The average Bonchev–Trinajstić information content (AvgIpc) is 3.08. The second kappa shape index (κ2) is 7.05. The number of amidine groups is 2. The molecule has 0 saturated carbocycles. The van der Waals surface area contributed by atoms with Crippen LogP contribution in [0.3, 0.4) is 0 Å².